The van der Waals surface area contributed by atoms with Crippen LogP contribution in [-0.4, -0.2) is 31.9 Å². The number of nitrogens with zero attached hydrogens (tertiary/aromatic N) is 1. The number of ether oxygens (including phenoxy) is 1. The van der Waals surface area contributed by atoms with E-state index in [-0.39, 0.29) is 10.9 Å². The SMILES string of the molecule is NC1CCN(S(=O)(=O)c2cccc(OCc3ccccc3)c2)CC1. The van der Waals surface area contributed by atoms with Gasteiger partial charge in [0.2, 0.25) is 10.0 Å². The van der Waals surface area contributed by atoms with Gasteiger partial charge in [0.1, 0.15) is 12.4 Å². The Morgan fingerprint density at radius 1 is 1.04 bits per heavy atom. The second kappa shape index (κ2) is 7.34. The average Bonchev–Trinajstić information content (AvgIpc) is 2.61. The summed E-state index contributed by atoms with van der Waals surface area (Å²) >= 11 is 0. The molecule has 6 heteroatoms. The van der Waals surface area contributed by atoms with Gasteiger partial charge in [-0.25, -0.2) is 8.42 Å². The summed E-state index contributed by atoms with van der Waals surface area (Å²) in [6, 6.07) is 16.6. The standard InChI is InChI=1S/C18H22N2O3S/c19-16-9-11-20(12-10-16)24(21,22)18-8-4-7-17(13-18)23-14-15-5-2-1-3-6-15/h1-8,13,16H,9-12,14,19H2. The number of piperidine rings is 1. The van der Waals surface area contributed by atoms with Gasteiger partial charge in [-0.3, -0.25) is 0 Å². The van der Waals surface area contributed by atoms with Gasteiger partial charge >= 0.3 is 0 Å². The maximum atomic E-state index is 12.7. The van der Waals surface area contributed by atoms with Crippen LogP contribution in [0.1, 0.15) is 18.4 Å². The van der Waals surface area contributed by atoms with Gasteiger partial charge in [0.15, 0.2) is 0 Å². The first-order valence-corrected chi connectivity index (χ1v) is 9.52. The Kier molecular flexibility index (Phi) is 5.18. The topological polar surface area (TPSA) is 72.6 Å². The molecule has 24 heavy (non-hydrogen) atoms. The van der Waals surface area contributed by atoms with Gasteiger partial charge < -0.3 is 10.5 Å². The smallest absolute Gasteiger partial charge is 0.243 e. The van der Waals surface area contributed by atoms with E-state index in [0.29, 0.717) is 38.3 Å². The zero-order valence-electron chi connectivity index (χ0n) is 13.5. The Morgan fingerprint density at radius 3 is 2.46 bits per heavy atom. The van der Waals surface area contributed by atoms with Crippen LogP contribution in [0.25, 0.3) is 0 Å². The van der Waals surface area contributed by atoms with Gasteiger partial charge in [0, 0.05) is 25.2 Å². The lowest BCUT2D eigenvalue weighted by Crippen LogP contribution is -2.42. The molecular weight excluding hydrogens is 324 g/mol. The van der Waals surface area contributed by atoms with Crippen LogP contribution in [0.3, 0.4) is 0 Å². The van der Waals surface area contributed by atoms with Gasteiger partial charge in [-0.05, 0) is 30.5 Å². The Morgan fingerprint density at radius 2 is 1.75 bits per heavy atom. The van der Waals surface area contributed by atoms with Crippen LogP contribution in [-0.2, 0) is 16.6 Å². The first-order valence-electron chi connectivity index (χ1n) is 8.08. The molecular formula is C18H22N2O3S. The van der Waals surface area contributed by atoms with E-state index in [4.69, 9.17) is 10.5 Å². The van der Waals surface area contributed by atoms with E-state index in [0.717, 1.165) is 5.56 Å². The van der Waals surface area contributed by atoms with E-state index < -0.39 is 10.0 Å². The Balaban J connectivity index is 1.72. The predicted molar refractivity (Wildman–Crippen MR) is 93.2 cm³/mol. The molecule has 1 fully saturated rings. The number of sulfonamides is 1. The van der Waals surface area contributed by atoms with Crippen molar-refractivity contribution in [2.45, 2.75) is 30.4 Å². The minimum Gasteiger partial charge on any atom is -0.489 e. The third-order valence-electron chi connectivity index (χ3n) is 4.19. The Labute approximate surface area is 143 Å². The van der Waals surface area contributed by atoms with Crippen LogP contribution < -0.4 is 10.5 Å². The van der Waals surface area contributed by atoms with Crippen molar-refractivity contribution in [1.82, 2.24) is 4.31 Å². The number of hydrogen-bond acceptors (Lipinski definition) is 4. The summed E-state index contributed by atoms with van der Waals surface area (Å²) in [6.07, 6.45) is 1.40. The highest BCUT2D eigenvalue weighted by Crippen LogP contribution is 2.24. The first-order chi connectivity index (χ1) is 11.6. The highest BCUT2D eigenvalue weighted by molar-refractivity contribution is 7.89. The van der Waals surface area contributed by atoms with Gasteiger partial charge in [0.25, 0.3) is 0 Å². The van der Waals surface area contributed by atoms with Gasteiger partial charge in [-0.1, -0.05) is 36.4 Å². The van der Waals surface area contributed by atoms with Crippen LogP contribution >= 0.6 is 0 Å². The fraction of sp³-hybridized carbons (Fsp3) is 0.333. The molecule has 2 aromatic carbocycles. The number of nitrogens with two attached hydrogens (primary N) is 1. The van der Waals surface area contributed by atoms with Crippen molar-refractivity contribution in [3.63, 3.8) is 0 Å². The Bertz CT molecular complexity index is 770. The average molecular weight is 346 g/mol. The molecule has 2 N–H and O–H groups in total. The molecule has 3 rings (SSSR count). The van der Waals surface area contributed by atoms with Crippen LogP contribution in [0.4, 0.5) is 0 Å². The minimum absolute atomic E-state index is 0.0944. The summed E-state index contributed by atoms with van der Waals surface area (Å²) in [5, 5.41) is 0. The zero-order valence-corrected chi connectivity index (χ0v) is 14.3. The molecule has 0 bridgehead atoms. The maximum Gasteiger partial charge on any atom is 0.243 e. The molecule has 0 spiro atoms. The lowest BCUT2D eigenvalue weighted by atomic mass is 10.1. The van der Waals surface area contributed by atoms with Crippen molar-refractivity contribution < 1.29 is 13.2 Å². The number of rotatable bonds is 5. The van der Waals surface area contributed by atoms with Crippen LogP contribution in [0.5, 0.6) is 5.75 Å². The third kappa shape index (κ3) is 3.95. The fourth-order valence-electron chi connectivity index (χ4n) is 2.73. The molecule has 1 heterocycles. The molecule has 1 saturated heterocycles. The Hall–Kier alpha value is -1.89. The van der Waals surface area contributed by atoms with E-state index in [1.165, 1.54) is 4.31 Å². The number of benzene rings is 2. The molecule has 0 amide bonds. The van der Waals surface area contributed by atoms with E-state index in [1.54, 1.807) is 24.3 Å². The molecule has 0 saturated carbocycles. The van der Waals surface area contributed by atoms with Crippen LogP contribution in [0.15, 0.2) is 59.5 Å². The van der Waals surface area contributed by atoms with Crippen molar-refractivity contribution in [2.24, 2.45) is 5.73 Å². The molecule has 1 aliphatic heterocycles. The molecule has 0 aromatic heterocycles. The van der Waals surface area contributed by atoms with Gasteiger partial charge in [-0.2, -0.15) is 4.31 Å². The molecule has 0 aliphatic carbocycles. The molecule has 0 radical (unpaired) electrons. The molecule has 2 aromatic rings. The predicted octanol–water partition coefficient (Wildman–Crippen LogP) is 2.38. The summed E-state index contributed by atoms with van der Waals surface area (Å²) in [5.74, 6) is 0.550. The molecule has 0 atom stereocenters. The monoisotopic (exact) mass is 346 g/mol. The summed E-state index contributed by atoms with van der Waals surface area (Å²) in [5.41, 5.74) is 6.89. The third-order valence-corrected chi connectivity index (χ3v) is 6.08. The van der Waals surface area contributed by atoms with E-state index >= 15 is 0 Å². The summed E-state index contributed by atoms with van der Waals surface area (Å²) < 4.78 is 32.7. The fourth-order valence-corrected chi connectivity index (χ4v) is 4.24. The van der Waals surface area contributed by atoms with E-state index in [1.807, 2.05) is 30.3 Å². The largest absolute Gasteiger partial charge is 0.489 e. The first kappa shape index (κ1) is 17.0. The lowest BCUT2D eigenvalue weighted by molar-refractivity contribution is 0.304. The molecule has 128 valence electrons. The minimum atomic E-state index is -3.49. The van der Waals surface area contributed by atoms with Crippen LogP contribution in [0.2, 0.25) is 0 Å². The van der Waals surface area contributed by atoms with Crippen molar-refractivity contribution in [3.8, 4) is 5.75 Å². The molecule has 5 nitrogen and oxygen atoms in total. The zero-order chi connectivity index (χ0) is 17.0. The van der Waals surface area contributed by atoms with Crippen molar-refractivity contribution in [2.75, 3.05) is 13.1 Å². The maximum absolute atomic E-state index is 12.7. The summed E-state index contributed by atoms with van der Waals surface area (Å²) in [4.78, 5) is 0.267. The second-order valence-corrected chi connectivity index (χ2v) is 7.93. The summed E-state index contributed by atoms with van der Waals surface area (Å²) in [7, 11) is -3.49. The van der Waals surface area contributed by atoms with Crippen LogP contribution in [0, 0.1) is 0 Å². The van der Waals surface area contributed by atoms with E-state index in [9.17, 15) is 8.42 Å². The van der Waals surface area contributed by atoms with Gasteiger partial charge in [-0.15, -0.1) is 0 Å². The lowest BCUT2D eigenvalue weighted by Gasteiger charge is -2.29. The van der Waals surface area contributed by atoms with Gasteiger partial charge in [0.05, 0.1) is 4.90 Å². The molecule has 1 aliphatic rings. The second-order valence-electron chi connectivity index (χ2n) is 5.99. The normalized spacial score (nSPS) is 16.9. The van der Waals surface area contributed by atoms with E-state index in [2.05, 4.69) is 0 Å². The summed E-state index contributed by atoms with van der Waals surface area (Å²) in [6.45, 7) is 1.35. The highest BCUT2D eigenvalue weighted by Gasteiger charge is 2.28. The van der Waals surface area contributed by atoms with Crippen molar-refractivity contribution in [1.29, 1.82) is 0 Å². The highest BCUT2D eigenvalue weighted by atomic mass is 32.2. The molecule has 0 unspecified atom stereocenters. The van der Waals surface area contributed by atoms with Crippen molar-refractivity contribution in [3.05, 3.63) is 60.2 Å². The quantitative estimate of drug-likeness (QED) is 0.902. The van der Waals surface area contributed by atoms with Crippen molar-refractivity contribution >= 4 is 10.0 Å². The number of hydrogen-bond donors (Lipinski definition) is 1.